The number of amides is 1. The minimum atomic E-state index is -0.264. The normalized spacial score (nSPS) is 10.8. The maximum absolute atomic E-state index is 12.4. The van der Waals surface area contributed by atoms with Crippen LogP contribution in [0.1, 0.15) is 16.3 Å². The summed E-state index contributed by atoms with van der Waals surface area (Å²) >= 11 is 0. The van der Waals surface area contributed by atoms with Crippen LogP contribution in [0.5, 0.6) is 11.5 Å². The van der Waals surface area contributed by atoms with E-state index in [4.69, 9.17) is 9.47 Å². The molecule has 0 unspecified atom stereocenters. The van der Waals surface area contributed by atoms with E-state index in [1.165, 1.54) is 0 Å². The number of carbonyl (C=O) groups is 1. The number of hydrogen-bond donors (Lipinski definition) is 3. The minimum Gasteiger partial charge on any atom is -0.493 e. The van der Waals surface area contributed by atoms with Gasteiger partial charge in [0.05, 0.1) is 37.5 Å². The number of H-pyrrole nitrogens is 2. The van der Waals surface area contributed by atoms with Crippen molar-refractivity contribution < 1.29 is 14.3 Å². The SMILES string of the molecule is COc1ccc(-c2cc(C(=O)NCc3nc4ccccc4[nH]3)[nH]n2)cc1OC. The van der Waals surface area contributed by atoms with E-state index in [2.05, 4.69) is 25.5 Å². The topological polar surface area (TPSA) is 105 Å². The number of methoxy groups -OCH3 is 2. The molecule has 0 radical (unpaired) electrons. The molecule has 2 heterocycles. The molecule has 0 saturated carbocycles. The Morgan fingerprint density at radius 2 is 1.89 bits per heavy atom. The molecule has 4 rings (SSSR count). The first-order chi connectivity index (χ1) is 13.7. The molecule has 0 atom stereocenters. The van der Waals surface area contributed by atoms with Gasteiger partial charge in [0.25, 0.3) is 5.91 Å². The van der Waals surface area contributed by atoms with Crippen molar-refractivity contribution in [3.63, 3.8) is 0 Å². The number of aromatic nitrogens is 4. The van der Waals surface area contributed by atoms with Crippen LogP contribution in [-0.4, -0.2) is 40.3 Å². The number of nitrogens with one attached hydrogen (secondary N) is 3. The van der Waals surface area contributed by atoms with Crippen LogP contribution in [-0.2, 0) is 6.54 Å². The molecule has 28 heavy (non-hydrogen) atoms. The van der Waals surface area contributed by atoms with E-state index in [1.54, 1.807) is 26.4 Å². The van der Waals surface area contributed by atoms with Gasteiger partial charge in [0.1, 0.15) is 11.5 Å². The van der Waals surface area contributed by atoms with Crippen molar-refractivity contribution in [2.45, 2.75) is 6.54 Å². The summed E-state index contributed by atoms with van der Waals surface area (Å²) in [5.41, 5.74) is 3.61. The lowest BCUT2D eigenvalue weighted by Crippen LogP contribution is -2.23. The second-order valence-corrected chi connectivity index (χ2v) is 6.12. The molecule has 0 fully saturated rings. The van der Waals surface area contributed by atoms with E-state index in [0.29, 0.717) is 28.7 Å². The van der Waals surface area contributed by atoms with Crippen molar-refractivity contribution in [2.24, 2.45) is 0 Å². The Labute approximate surface area is 160 Å². The van der Waals surface area contributed by atoms with E-state index in [1.807, 2.05) is 36.4 Å². The van der Waals surface area contributed by atoms with Gasteiger partial charge in [0, 0.05) is 5.56 Å². The van der Waals surface area contributed by atoms with Gasteiger partial charge in [0.15, 0.2) is 11.5 Å². The lowest BCUT2D eigenvalue weighted by atomic mass is 10.1. The van der Waals surface area contributed by atoms with Crippen LogP contribution >= 0.6 is 0 Å². The van der Waals surface area contributed by atoms with Crippen molar-refractivity contribution in [3.05, 3.63) is 60.0 Å². The van der Waals surface area contributed by atoms with Crippen LogP contribution in [0.2, 0.25) is 0 Å². The third kappa shape index (κ3) is 3.39. The number of imidazole rings is 1. The number of para-hydroxylation sites is 2. The maximum atomic E-state index is 12.4. The highest BCUT2D eigenvalue weighted by molar-refractivity contribution is 5.93. The van der Waals surface area contributed by atoms with Crippen LogP contribution in [0.4, 0.5) is 0 Å². The summed E-state index contributed by atoms with van der Waals surface area (Å²) in [6.45, 7) is 0.290. The van der Waals surface area contributed by atoms with Crippen LogP contribution in [0.25, 0.3) is 22.3 Å². The number of rotatable bonds is 6. The lowest BCUT2D eigenvalue weighted by Gasteiger charge is -2.08. The number of nitrogens with zero attached hydrogens (tertiary/aromatic N) is 2. The number of fused-ring (bicyclic) bond motifs is 1. The molecule has 0 aliphatic rings. The number of hydrogen-bond acceptors (Lipinski definition) is 5. The average Bonchev–Trinajstić information content (AvgIpc) is 3.38. The fourth-order valence-corrected chi connectivity index (χ4v) is 2.93. The zero-order chi connectivity index (χ0) is 19.5. The standard InChI is InChI=1S/C20H19N5O3/c1-27-17-8-7-12(9-18(17)28-2)15-10-16(25-24-15)20(26)21-11-19-22-13-5-3-4-6-14(13)23-19/h3-10H,11H2,1-2H3,(H,21,26)(H,22,23)(H,24,25). The molecule has 8 heteroatoms. The largest absolute Gasteiger partial charge is 0.493 e. The zero-order valence-corrected chi connectivity index (χ0v) is 15.4. The first kappa shape index (κ1) is 17.6. The summed E-state index contributed by atoms with van der Waals surface area (Å²) in [6.07, 6.45) is 0. The zero-order valence-electron chi connectivity index (χ0n) is 15.4. The van der Waals surface area contributed by atoms with Crippen molar-refractivity contribution in [3.8, 4) is 22.8 Å². The second kappa shape index (κ2) is 7.43. The molecule has 8 nitrogen and oxygen atoms in total. The Balaban J connectivity index is 1.47. The maximum Gasteiger partial charge on any atom is 0.269 e. The highest BCUT2D eigenvalue weighted by atomic mass is 16.5. The van der Waals surface area contributed by atoms with Crippen molar-refractivity contribution in [1.29, 1.82) is 0 Å². The van der Waals surface area contributed by atoms with Crippen molar-refractivity contribution >= 4 is 16.9 Å². The smallest absolute Gasteiger partial charge is 0.269 e. The number of aromatic amines is 2. The number of benzene rings is 2. The molecule has 0 spiro atoms. The van der Waals surface area contributed by atoms with E-state index in [-0.39, 0.29) is 12.5 Å². The highest BCUT2D eigenvalue weighted by Crippen LogP contribution is 2.31. The summed E-state index contributed by atoms with van der Waals surface area (Å²) in [5.74, 6) is 1.65. The van der Waals surface area contributed by atoms with Crippen molar-refractivity contribution in [1.82, 2.24) is 25.5 Å². The summed E-state index contributed by atoms with van der Waals surface area (Å²) in [6, 6.07) is 14.9. The number of ether oxygens (including phenoxy) is 2. The molecule has 0 aliphatic heterocycles. The van der Waals surface area contributed by atoms with E-state index < -0.39 is 0 Å². The first-order valence-electron chi connectivity index (χ1n) is 8.67. The molecule has 2 aromatic carbocycles. The van der Waals surface area contributed by atoms with E-state index >= 15 is 0 Å². The van der Waals surface area contributed by atoms with Crippen LogP contribution in [0.15, 0.2) is 48.5 Å². The third-order valence-electron chi connectivity index (χ3n) is 4.36. The van der Waals surface area contributed by atoms with Crippen LogP contribution in [0, 0.1) is 0 Å². The molecule has 2 aromatic heterocycles. The molecule has 4 aromatic rings. The molecule has 142 valence electrons. The quantitative estimate of drug-likeness (QED) is 0.479. The molecule has 1 amide bonds. The van der Waals surface area contributed by atoms with Gasteiger partial charge in [0.2, 0.25) is 0 Å². The molecule has 0 saturated heterocycles. The predicted octanol–water partition coefficient (Wildman–Crippen LogP) is 2.90. The minimum absolute atomic E-state index is 0.264. The first-order valence-corrected chi connectivity index (χ1v) is 8.67. The molecule has 0 bridgehead atoms. The molecular weight excluding hydrogens is 358 g/mol. The van der Waals surface area contributed by atoms with Gasteiger partial charge < -0.3 is 19.8 Å². The van der Waals surface area contributed by atoms with Gasteiger partial charge in [-0.2, -0.15) is 5.10 Å². The van der Waals surface area contributed by atoms with Gasteiger partial charge in [-0.3, -0.25) is 9.89 Å². The third-order valence-corrected chi connectivity index (χ3v) is 4.36. The summed E-state index contributed by atoms with van der Waals surface area (Å²) in [5, 5.41) is 9.82. The Morgan fingerprint density at radius 3 is 2.68 bits per heavy atom. The summed E-state index contributed by atoms with van der Waals surface area (Å²) < 4.78 is 10.6. The fourth-order valence-electron chi connectivity index (χ4n) is 2.93. The van der Waals surface area contributed by atoms with Crippen molar-refractivity contribution in [2.75, 3.05) is 14.2 Å². The lowest BCUT2D eigenvalue weighted by molar-refractivity contribution is 0.0945. The summed E-state index contributed by atoms with van der Waals surface area (Å²) in [7, 11) is 3.15. The fraction of sp³-hybridized carbons (Fsp3) is 0.150. The van der Waals surface area contributed by atoms with Gasteiger partial charge in [-0.05, 0) is 36.4 Å². The van der Waals surface area contributed by atoms with E-state index in [0.717, 1.165) is 16.6 Å². The van der Waals surface area contributed by atoms with Crippen LogP contribution < -0.4 is 14.8 Å². The molecule has 3 N–H and O–H groups in total. The van der Waals surface area contributed by atoms with Gasteiger partial charge in [-0.25, -0.2) is 4.98 Å². The van der Waals surface area contributed by atoms with Gasteiger partial charge >= 0.3 is 0 Å². The van der Waals surface area contributed by atoms with Crippen LogP contribution in [0.3, 0.4) is 0 Å². The molecule has 0 aliphatic carbocycles. The Hall–Kier alpha value is -3.81. The molecular formula is C20H19N5O3. The average molecular weight is 377 g/mol. The van der Waals surface area contributed by atoms with E-state index in [9.17, 15) is 4.79 Å². The number of carbonyl (C=O) groups excluding carboxylic acids is 1. The highest BCUT2D eigenvalue weighted by Gasteiger charge is 2.13. The van der Waals surface area contributed by atoms with Gasteiger partial charge in [-0.15, -0.1) is 0 Å². The predicted molar refractivity (Wildman–Crippen MR) is 104 cm³/mol. The Bertz CT molecular complexity index is 1100. The Morgan fingerprint density at radius 1 is 1.07 bits per heavy atom. The second-order valence-electron chi connectivity index (χ2n) is 6.12. The summed E-state index contributed by atoms with van der Waals surface area (Å²) in [4.78, 5) is 20.1. The monoisotopic (exact) mass is 377 g/mol. The Kier molecular flexibility index (Phi) is 4.67. The van der Waals surface area contributed by atoms with Gasteiger partial charge in [-0.1, -0.05) is 12.1 Å².